The first-order chi connectivity index (χ1) is 15.0. The Kier molecular flexibility index (Phi) is 16.9. The summed E-state index contributed by atoms with van der Waals surface area (Å²) in [4.78, 5) is 0. The van der Waals surface area contributed by atoms with Gasteiger partial charge in [-0.3, -0.25) is 0 Å². The lowest BCUT2D eigenvalue weighted by molar-refractivity contribution is -0.113. The highest BCUT2D eigenvalue weighted by Gasteiger charge is 2.49. The predicted octanol–water partition coefficient (Wildman–Crippen LogP) is 2.69. The summed E-state index contributed by atoms with van der Waals surface area (Å²) in [6.07, 6.45) is 10.6. The van der Waals surface area contributed by atoms with Crippen molar-refractivity contribution in [1.29, 1.82) is 0 Å². The standard InChI is InChI=1S/C24H48O7/c1-2-3-4-5-6-7-8-9-10-11-12-13-14-15-16-30-17-19(25)18-31-24-22(28)20(26)21(27)23(24)29/h19-29H,2-18H2,1H3/t19-,20+,21+,22-,23-/m0/s1. The molecule has 7 heteroatoms. The summed E-state index contributed by atoms with van der Waals surface area (Å²) >= 11 is 0. The summed E-state index contributed by atoms with van der Waals surface area (Å²) in [5.74, 6) is 0. The second kappa shape index (κ2) is 18.2. The quantitative estimate of drug-likeness (QED) is 0.182. The molecule has 1 rings (SSSR count). The minimum absolute atomic E-state index is 0.114. The summed E-state index contributed by atoms with van der Waals surface area (Å²) < 4.78 is 10.7. The van der Waals surface area contributed by atoms with Crippen LogP contribution in [0.3, 0.4) is 0 Å². The maximum Gasteiger partial charge on any atom is 0.115 e. The Labute approximate surface area is 188 Å². The molecule has 0 heterocycles. The molecule has 0 bridgehead atoms. The molecule has 0 amide bonds. The average Bonchev–Trinajstić information content (AvgIpc) is 2.94. The molecule has 7 nitrogen and oxygen atoms in total. The Morgan fingerprint density at radius 3 is 1.45 bits per heavy atom. The smallest absolute Gasteiger partial charge is 0.115 e. The van der Waals surface area contributed by atoms with Crippen LogP contribution >= 0.6 is 0 Å². The van der Waals surface area contributed by atoms with Gasteiger partial charge < -0.3 is 35.0 Å². The van der Waals surface area contributed by atoms with Crippen LogP contribution in [-0.2, 0) is 9.47 Å². The van der Waals surface area contributed by atoms with Crippen molar-refractivity contribution in [3.8, 4) is 0 Å². The van der Waals surface area contributed by atoms with Crippen LogP contribution in [0.5, 0.6) is 0 Å². The summed E-state index contributed by atoms with van der Waals surface area (Å²) in [6.45, 7) is 2.81. The molecule has 0 aromatic rings. The largest absolute Gasteiger partial charge is 0.388 e. The number of aliphatic hydroxyl groups excluding tert-OH is 5. The number of ether oxygens (including phenoxy) is 2. The van der Waals surface area contributed by atoms with Crippen molar-refractivity contribution >= 4 is 0 Å². The van der Waals surface area contributed by atoms with Gasteiger partial charge in [0.2, 0.25) is 0 Å². The highest BCUT2D eigenvalue weighted by Crippen LogP contribution is 2.24. The van der Waals surface area contributed by atoms with Gasteiger partial charge in [-0.15, -0.1) is 0 Å². The summed E-state index contributed by atoms with van der Waals surface area (Å²) in [6, 6.07) is 0. The summed E-state index contributed by atoms with van der Waals surface area (Å²) in [5, 5.41) is 48.4. The van der Waals surface area contributed by atoms with Gasteiger partial charge >= 0.3 is 0 Å². The molecule has 0 radical (unpaired) electrons. The monoisotopic (exact) mass is 448 g/mol. The second-order valence-electron chi connectivity index (χ2n) is 9.09. The van der Waals surface area contributed by atoms with Gasteiger partial charge in [0.15, 0.2) is 0 Å². The molecule has 1 fully saturated rings. The van der Waals surface area contributed by atoms with Crippen molar-refractivity contribution in [2.75, 3.05) is 19.8 Å². The molecular formula is C24H48O7. The average molecular weight is 449 g/mol. The van der Waals surface area contributed by atoms with E-state index in [9.17, 15) is 25.5 Å². The van der Waals surface area contributed by atoms with Crippen LogP contribution in [0.1, 0.15) is 96.8 Å². The van der Waals surface area contributed by atoms with E-state index in [0.717, 1.165) is 12.8 Å². The molecule has 1 aliphatic carbocycles. The molecule has 1 aliphatic rings. The Hall–Kier alpha value is -0.280. The van der Waals surface area contributed by atoms with E-state index in [0.29, 0.717) is 6.61 Å². The first kappa shape index (κ1) is 28.8. The Morgan fingerprint density at radius 1 is 0.581 bits per heavy atom. The SMILES string of the molecule is CCCCCCCCCCCCCCCCOC[C@H](O)COC1[C@@H](O)[C@H](O)[C@@H](O)[C@@H]1O. The van der Waals surface area contributed by atoms with Gasteiger partial charge in [0.1, 0.15) is 36.6 Å². The van der Waals surface area contributed by atoms with E-state index in [1.807, 2.05) is 0 Å². The third-order valence-corrected chi connectivity index (χ3v) is 6.16. The second-order valence-corrected chi connectivity index (χ2v) is 9.09. The van der Waals surface area contributed by atoms with E-state index >= 15 is 0 Å². The molecule has 5 atom stereocenters. The zero-order valence-electron chi connectivity index (χ0n) is 19.5. The molecule has 0 aromatic carbocycles. The number of unbranched alkanes of at least 4 members (excludes halogenated alkanes) is 13. The fourth-order valence-electron chi connectivity index (χ4n) is 4.08. The number of hydrogen-bond donors (Lipinski definition) is 5. The van der Waals surface area contributed by atoms with Gasteiger partial charge in [0.05, 0.1) is 13.2 Å². The zero-order chi connectivity index (χ0) is 22.9. The van der Waals surface area contributed by atoms with Crippen LogP contribution in [0.4, 0.5) is 0 Å². The van der Waals surface area contributed by atoms with Gasteiger partial charge in [-0.2, -0.15) is 0 Å². The van der Waals surface area contributed by atoms with Crippen LogP contribution in [-0.4, -0.2) is 82.0 Å². The van der Waals surface area contributed by atoms with Crippen molar-refractivity contribution in [2.45, 2.75) is 133 Å². The molecule has 0 aliphatic heterocycles. The van der Waals surface area contributed by atoms with Gasteiger partial charge in [-0.05, 0) is 6.42 Å². The predicted molar refractivity (Wildman–Crippen MR) is 121 cm³/mol. The van der Waals surface area contributed by atoms with E-state index in [4.69, 9.17) is 9.47 Å². The highest BCUT2D eigenvalue weighted by molar-refractivity contribution is 4.99. The molecule has 31 heavy (non-hydrogen) atoms. The van der Waals surface area contributed by atoms with Gasteiger partial charge in [-0.1, -0.05) is 90.4 Å². The van der Waals surface area contributed by atoms with Crippen LogP contribution in [0.2, 0.25) is 0 Å². The minimum Gasteiger partial charge on any atom is -0.388 e. The number of rotatable bonds is 20. The van der Waals surface area contributed by atoms with Crippen LogP contribution in [0.25, 0.3) is 0 Å². The van der Waals surface area contributed by atoms with Gasteiger partial charge in [0, 0.05) is 6.61 Å². The topological polar surface area (TPSA) is 120 Å². The van der Waals surface area contributed by atoms with E-state index in [1.165, 1.54) is 77.0 Å². The first-order valence-corrected chi connectivity index (χ1v) is 12.6. The maximum atomic E-state index is 9.89. The fourth-order valence-corrected chi connectivity index (χ4v) is 4.08. The van der Waals surface area contributed by atoms with E-state index in [-0.39, 0.29) is 13.2 Å². The Balaban J connectivity index is 1.84. The van der Waals surface area contributed by atoms with Crippen molar-refractivity contribution in [2.24, 2.45) is 0 Å². The van der Waals surface area contributed by atoms with E-state index in [1.54, 1.807) is 0 Å². The number of hydrogen-bond acceptors (Lipinski definition) is 7. The highest BCUT2D eigenvalue weighted by atomic mass is 16.5. The molecular weight excluding hydrogens is 400 g/mol. The van der Waals surface area contributed by atoms with Crippen molar-refractivity contribution in [3.63, 3.8) is 0 Å². The molecule has 0 spiro atoms. The third-order valence-electron chi connectivity index (χ3n) is 6.16. The van der Waals surface area contributed by atoms with E-state index in [2.05, 4.69) is 6.92 Å². The lowest BCUT2D eigenvalue weighted by Gasteiger charge is -2.21. The molecule has 0 aromatic heterocycles. The Bertz CT molecular complexity index is 395. The third kappa shape index (κ3) is 12.5. The normalized spacial score (nSPS) is 25.4. The lowest BCUT2D eigenvalue weighted by atomic mass is 10.0. The Morgan fingerprint density at radius 2 is 1.00 bits per heavy atom. The molecule has 1 saturated carbocycles. The van der Waals surface area contributed by atoms with Crippen LogP contribution in [0, 0.1) is 0 Å². The summed E-state index contributed by atoms with van der Waals surface area (Å²) in [7, 11) is 0. The van der Waals surface area contributed by atoms with Crippen LogP contribution < -0.4 is 0 Å². The van der Waals surface area contributed by atoms with Crippen molar-refractivity contribution in [1.82, 2.24) is 0 Å². The van der Waals surface area contributed by atoms with Gasteiger partial charge in [-0.25, -0.2) is 0 Å². The minimum atomic E-state index is -1.45. The molecule has 0 unspecified atom stereocenters. The first-order valence-electron chi connectivity index (χ1n) is 12.6. The maximum absolute atomic E-state index is 9.89. The molecule has 5 N–H and O–H groups in total. The number of aliphatic hydroxyl groups is 5. The van der Waals surface area contributed by atoms with E-state index < -0.39 is 36.6 Å². The molecule has 0 saturated heterocycles. The summed E-state index contributed by atoms with van der Waals surface area (Å²) in [5.41, 5.74) is 0. The van der Waals surface area contributed by atoms with Crippen molar-refractivity contribution < 1.29 is 35.0 Å². The zero-order valence-corrected chi connectivity index (χ0v) is 19.5. The lowest BCUT2D eigenvalue weighted by Crippen LogP contribution is -2.38. The van der Waals surface area contributed by atoms with Gasteiger partial charge in [0.25, 0.3) is 0 Å². The van der Waals surface area contributed by atoms with Crippen molar-refractivity contribution in [3.05, 3.63) is 0 Å². The molecule has 186 valence electrons. The van der Waals surface area contributed by atoms with Crippen LogP contribution in [0.15, 0.2) is 0 Å². The fraction of sp³-hybridized carbons (Fsp3) is 1.00.